The largest absolute Gasteiger partial charge is 0.480 e. The van der Waals surface area contributed by atoms with Crippen molar-refractivity contribution in [2.45, 2.75) is 65.0 Å². The Bertz CT molecular complexity index is 395. The lowest BCUT2D eigenvalue weighted by Crippen LogP contribution is -2.54. The first kappa shape index (κ1) is 17.5. The van der Waals surface area contributed by atoms with Gasteiger partial charge in [-0.1, -0.05) is 33.6 Å². The molecule has 0 bridgehead atoms. The molecule has 6 nitrogen and oxygen atoms in total. The van der Waals surface area contributed by atoms with Gasteiger partial charge in [0.25, 0.3) is 0 Å². The van der Waals surface area contributed by atoms with Gasteiger partial charge in [-0.2, -0.15) is 0 Å². The number of carboxylic acid groups (broad SMARTS) is 1. The average Bonchev–Trinajstić information content (AvgIpc) is 2.80. The van der Waals surface area contributed by atoms with Gasteiger partial charge < -0.3 is 15.3 Å². The maximum absolute atomic E-state index is 12.4. The fourth-order valence-electron chi connectivity index (χ4n) is 2.69. The van der Waals surface area contributed by atoms with E-state index < -0.39 is 18.1 Å². The Morgan fingerprint density at radius 1 is 1.38 bits per heavy atom. The maximum Gasteiger partial charge on any atom is 0.326 e. The number of hydrogen-bond donors (Lipinski definition) is 2. The number of carbonyl (C=O) groups is 3. The highest BCUT2D eigenvalue weighted by Gasteiger charge is 2.36. The van der Waals surface area contributed by atoms with Crippen LogP contribution in [0.4, 0.5) is 0 Å². The molecule has 0 aromatic heterocycles. The van der Waals surface area contributed by atoms with Gasteiger partial charge in [0.05, 0.1) is 0 Å². The number of unbranched alkanes of at least 4 members (excludes halogenated alkanes) is 1. The molecule has 1 aliphatic heterocycles. The van der Waals surface area contributed by atoms with Crippen LogP contribution < -0.4 is 5.32 Å². The van der Waals surface area contributed by atoms with E-state index in [1.165, 1.54) is 0 Å². The first-order valence-corrected chi connectivity index (χ1v) is 7.71. The number of hydrogen-bond acceptors (Lipinski definition) is 3. The van der Waals surface area contributed by atoms with Crippen LogP contribution in [-0.4, -0.2) is 46.4 Å². The number of amides is 2. The third-order valence-corrected chi connectivity index (χ3v) is 3.81. The monoisotopic (exact) mass is 298 g/mol. The fraction of sp³-hybridized carbons (Fsp3) is 0.800. The molecule has 1 unspecified atom stereocenters. The summed E-state index contributed by atoms with van der Waals surface area (Å²) in [7, 11) is 0. The molecule has 1 aliphatic rings. The van der Waals surface area contributed by atoms with E-state index in [-0.39, 0.29) is 17.7 Å². The van der Waals surface area contributed by atoms with Crippen molar-refractivity contribution in [3.63, 3.8) is 0 Å². The van der Waals surface area contributed by atoms with Gasteiger partial charge in [-0.05, 0) is 18.8 Å². The van der Waals surface area contributed by atoms with E-state index in [0.29, 0.717) is 19.4 Å². The second kappa shape index (κ2) is 8.00. The van der Waals surface area contributed by atoms with Crippen molar-refractivity contribution in [3.05, 3.63) is 0 Å². The topological polar surface area (TPSA) is 86.7 Å². The molecule has 2 N–H and O–H groups in total. The summed E-state index contributed by atoms with van der Waals surface area (Å²) in [6.07, 6.45) is 3.25. The van der Waals surface area contributed by atoms with Gasteiger partial charge in [-0.15, -0.1) is 0 Å². The molecule has 0 saturated carbocycles. The Hall–Kier alpha value is -1.59. The van der Waals surface area contributed by atoms with E-state index in [1.807, 2.05) is 20.8 Å². The van der Waals surface area contributed by atoms with E-state index in [0.717, 1.165) is 19.3 Å². The molecular weight excluding hydrogens is 272 g/mol. The van der Waals surface area contributed by atoms with Crippen molar-refractivity contribution >= 4 is 17.8 Å². The second-order valence-electron chi connectivity index (χ2n) is 5.92. The van der Waals surface area contributed by atoms with E-state index in [1.54, 1.807) is 4.90 Å². The molecule has 0 spiro atoms. The summed E-state index contributed by atoms with van der Waals surface area (Å²) < 4.78 is 0. The normalized spacial score (nSPS) is 17.9. The zero-order valence-electron chi connectivity index (χ0n) is 13.1. The average molecular weight is 298 g/mol. The molecule has 0 aliphatic carbocycles. The summed E-state index contributed by atoms with van der Waals surface area (Å²) in [5.74, 6) is -1.45. The zero-order chi connectivity index (χ0) is 16.0. The Morgan fingerprint density at radius 2 is 2.05 bits per heavy atom. The summed E-state index contributed by atoms with van der Waals surface area (Å²) in [6.45, 7) is 6.29. The molecule has 0 aromatic rings. The van der Waals surface area contributed by atoms with Gasteiger partial charge in [0.2, 0.25) is 11.8 Å². The van der Waals surface area contributed by atoms with Gasteiger partial charge >= 0.3 is 5.97 Å². The van der Waals surface area contributed by atoms with Crippen LogP contribution >= 0.6 is 0 Å². The van der Waals surface area contributed by atoms with Gasteiger partial charge in [0, 0.05) is 13.0 Å². The number of aliphatic carboxylic acids is 1. The summed E-state index contributed by atoms with van der Waals surface area (Å²) >= 11 is 0. The molecule has 1 rings (SSSR count). The van der Waals surface area contributed by atoms with Crippen LogP contribution in [0.25, 0.3) is 0 Å². The van der Waals surface area contributed by atoms with Crippen molar-refractivity contribution in [1.82, 2.24) is 10.2 Å². The molecule has 0 radical (unpaired) electrons. The van der Waals surface area contributed by atoms with Crippen molar-refractivity contribution in [2.75, 3.05) is 6.54 Å². The molecule has 2 amide bonds. The third kappa shape index (κ3) is 4.72. The molecule has 120 valence electrons. The van der Waals surface area contributed by atoms with Crippen LogP contribution in [0.2, 0.25) is 0 Å². The van der Waals surface area contributed by atoms with Crippen LogP contribution in [-0.2, 0) is 14.4 Å². The number of carboxylic acids is 1. The Morgan fingerprint density at radius 3 is 2.48 bits per heavy atom. The van der Waals surface area contributed by atoms with E-state index in [2.05, 4.69) is 5.32 Å². The Labute approximate surface area is 125 Å². The van der Waals surface area contributed by atoms with E-state index in [4.69, 9.17) is 0 Å². The molecule has 1 heterocycles. The smallest absolute Gasteiger partial charge is 0.326 e. The van der Waals surface area contributed by atoms with Crippen molar-refractivity contribution in [3.8, 4) is 0 Å². The lowest BCUT2D eigenvalue weighted by molar-refractivity contribution is -0.144. The lowest BCUT2D eigenvalue weighted by atomic mass is 10.0. The minimum absolute atomic E-state index is 0.0238. The first-order chi connectivity index (χ1) is 9.88. The first-order valence-electron chi connectivity index (χ1n) is 7.71. The number of nitrogens with one attached hydrogen (secondary N) is 1. The van der Waals surface area contributed by atoms with Crippen LogP contribution in [0.15, 0.2) is 0 Å². The minimum Gasteiger partial charge on any atom is -0.480 e. The van der Waals surface area contributed by atoms with Crippen molar-refractivity contribution in [2.24, 2.45) is 5.92 Å². The Balaban J connectivity index is 2.75. The number of rotatable bonds is 8. The van der Waals surface area contributed by atoms with E-state index >= 15 is 0 Å². The molecule has 2 atom stereocenters. The Kier molecular flexibility index (Phi) is 6.65. The third-order valence-electron chi connectivity index (χ3n) is 3.81. The second-order valence-corrected chi connectivity index (χ2v) is 5.92. The molecule has 21 heavy (non-hydrogen) atoms. The van der Waals surface area contributed by atoms with Gasteiger partial charge in [0.1, 0.15) is 12.1 Å². The maximum atomic E-state index is 12.4. The number of nitrogens with zero attached hydrogens (tertiary/aromatic N) is 1. The number of carbonyl (C=O) groups excluding carboxylic acids is 2. The molecule has 1 saturated heterocycles. The quantitative estimate of drug-likeness (QED) is 0.709. The standard InChI is InChI=1S/C15H26N2O4/c1-4-5-7-11(15(20)21)16-14(19)13(10(2)3)17-9-6-8-12(17)18/h10-11,13H,4-9H2,1-3H3,(H,16,19)(H,20,21)/t11-,13?/m0/s1. The summed E-state index contributed by atoms with van der Waals surface area (Å²) in [4.78, 5) is 37.1. The molecular formula is C15H26N2O4. The van der Waals surface area contributed by atoms with Crippen molar-refractivity contribution < 1.29 is 19.5 Å². The van der Waals surface area contributed by atoms with Crippen LogP contribution in [0, 0.1) is 5.92 Å². The summed E-state index contributed by atoms with van der Waals surface area (Å²) in [5.41, 5.74) is 0. The van der Waals surface area contributed by atoms with Crippen LogP contribution in [0.3, 0.4) is 0 Å². The molecule has 1 fully saturated rings. The SMILES string of the molecule is CCCC[C@H](NC(=O)C(C(C)C)N1CCCC1=O)C(=O)O. The lowest BCUT2D eigenvalue weighted by Gasteiger charge is -2.31. The van der Waals surface area contributed by atoms with Crippen LogP contribution in [0.5, 0.6) is 0 Å². The number of likely N-dealkylation sites (tertiary alicyclic amines) is 1. The van der Waals surface area contributed by atoms with Crippen molar-refractivity contribution in [1.29, 1.82) is 0 Å². The highest BCUT2D eigenvalue weighted by atomic mass is 16.4. The fourth-order valence-corrected chi connectivity index (χ4v) is 2.69. The summed E-state index contributed by atoms with van der Waals surface area (Å²) in [5, 5.41) is 11.8. The van der Waals surface area contributed by atoms with Gasteiger partial charge in [0.15, 0.2) is 0 Å². The van der Waals surface area contributed by atoms with Gasteiger partial charge in [-0.3, -0.25) is 9.59 Å². The van der Waals surface area contributed by atoms with Gasteiger partial charge in [-0.25, -0.2) is 4.79 Å². The van der Waals surface area contributed by atoms with E-state index in [9.17, 15) is 19.5 Å². The zero-order valence-corrected chi connectivity index (χ0v) is 13.1. The highest BCUT2D eigenvalue weighted by Crippen LogP contribution is 2.19. The minimum atomic E-state index is -1.02. The predicted molar refractivity (Wildman–Crippen MR) is 78.7 cm³/mol. The molecule has 6 heteroatoms. The molecule has 0 aromatic carbocycles. The van der Waals surface area contributed by atoms with Crippen LogP contribution in [0.1, 0.15) is 52.9 Å². The predicted octanol–water partition coefficient (Wildman–Crippen LogP) is 1.39. The highest BCUT2D eigenvalue weighted by molar-refractivity contribution is 5.91. The summed E-state index contributed by atoms with van der Waals surface area (Å²) in [6, 6.07) is -1.46.